The highest BCUT2D eigenvalue weighted by Crippen LogP contribution is 2.43. The zero-order chi connectivity index (χ0) is 28.3. The van der Waals surface area contributed by atoms with Gasteiger partial charge in [0.05, 0.1) is 11.2 Å². The number of benzene rings is 6. The lowest BCUT2D eigenvalue weighted by atomic mass is 9.92. The molecule has 0 bridgehead atoms. The molecule has 0 N–H and O–H groups in total. The maximum Gasteiger partial charge on any atom is 0.0803 e. The normalized spacial score (nSPS) is 12.8. The Bertz CT molecular complexity index is 2410. The van der Waals surface area contributed by atoms with Gasteiger partial charge in [-0.15, -0.1) is 11.3 Å². The van der Waals surface area contributed by atoms with Crippen LogP contribution >= 0.6 is 11.3 Å². The molecule has 0 amide bonds. The average Bonchev–Trinajstić information content (AvgIpc) is 3.47. The highest BCUT2D eigenvalue weighted by atomic mass is 32.1. The van der Waals surface area contributed by atoms with Gasteiger partial charge in [-0.1, -0.05) is 103 Å². The van der Waals surface area contributed by atoms with Crippen molar-refractivity contribution >= 4 is 59.3 Å². The lowest BCUT2D eigenvalue weighted by molar-refractivity contribution is 0.986. The fraction of sp³-hybridized carbons (Fsp3) is 0.0488. The zero-order valence-corrected chi connectivity index (χ0v) is 24.4. The third kappa shape index (κ3) is 4.10. The van der Waals surface area contributed by atoms with Crippen molar-refractivity contribution < 1.29 is 0 Å². The van der Waals surface area contributed by atoms with Crippen molar-refractivity contribution in [3.63, 3.8) is 0 Å². The van der Waals surface area contributed by atoms with Crippen molar-refractivity contribution in [2.45, 2.75) is 12.8 Å². The zero-order valence-electron chi connectivity index (χ0n) is 23.5. The summed E-state index contributed by atoms with van der Waals surface area (Å²) in [7, 11) is 0. The summed E-state index contributed by atoms with van der Waals surface area (Å²) in [6.45, 7) is 0. The molecule has 0 atom stereocenters. The van der Waals surface area contributed by atoms with Crippen molar-refractivity contribution in [3.05, 3.63) is 145 Å². The van der Waals surface area contributed by atoms with Crippen molar-refractivity contribution in [2.75, 3.05) is 0 Å². The van der Waals surface area contributed by atoms with Crippen LogP contribution in [0.25, 0.3) is 81.4 Å². The van der Waals surface area contributed by atoms with E-state index in [1.54, 1.807) is 0 Å². The van der Waals surface area contributed by atoms with Crippen LogP contribution in [0, 0.1) is 0 Å². The molecular weight excluding hydrogens is 539 g/mol. The maximum absolute atomic E-state index is 5.25. The number of aryl methyl sites for hydroxylation is 1. The van der Waals surface area contributed by atoms with Crippen LogP contribution in [-0.2, 0) is 6.42 Å². The first-order chi connectivity index (χ1) is 21.3. The van der Waals surface area contributed by atoms with Crippen LogP contribution in [-0.4, -0.2) is 4.98 Å². The van der Waals surface area contributed by atoms with E-state index in [0.29, 0.717) is 0 Å². The van der Waals surface area contributed by atoms with Gasteiger partial charge in [0.1, 0.15) is 0 Å². The second-order valence-corrected chi connectivity index (χ2v) is 12.5. The van der Waals surface area contributed by atoms with E-state index in [1.807, 2.05) is 11.3 Å². The third-order valence-corrected chi connectivity index (χ3v) is 10.1. The fourth-order valence-electron chi connectivity index (χ4n) is 6.68. The quantitative estimate of drug-likeness (QED) is 0.208. The molecule has 2 heteroatoms. The fourth-order valence-corrected chi connectivity index (χ4v) is 7.91. The molecule has 1 aliphatic carbocycles. The number of rotatable bonds is 3. The first kappa shape index (κ1) is 24.5. The summed E-state index contributed by atoms with van der Waals surface area (Å²) in [4.78, 5) is 5.25. The highest BCUT2D eigenvalue weighted by Gasteiger charge is 2.16. The monoisotopic (exact) mass is 565 g/mol. The van der Waals surface area contributed by atoms with Gasteiger partial charge in [0.15, 0.2) is 0 Å². The SMILES string of the molecule is C1=Cc2cc(-c3ccc4cc(-c5cccc(-c6nc7ccccc7c7sc8ccccc8c67)c5)ccc4c3)ccc2CC1. The van der Waals surface area contributed by atoms with Gasteiger partial charge in [-0.2, -0.15) is 0 Å². The van der Waals surface area contributed by atoms with Crippen LogP contribution in [0.15, 0.2) is 133 Å². The van der Waals surface area contributed by atoms with E-state index in [-0.39, 0.29) is 0 Å². The van der Waals surface area contributed by atoms with Gasteiger partial charge in [-0.25, -0.2) is 4.98 Å². The minimum absolute atomic E-state index is 1.04. The van der Waals surface area contributed by atoms with Crippen molar-refractivity contribution in [3.8, 4) is 33.5 Å². The summed E-state index contributed by atoms with van der Waals surface area (Å²) >= 11 is 1.86. The van der Waals surface area contributed by atoms with Crippen LogP contribution in [0.4, 0.5) is 0 Å². The summed E-state index contributed by atoms with van der Waals surface area (Å²) in [6.07, 6.45) is 6.83. The lowest BCUT2D eigenvalue weighted by Gasteiger charge is -2.13. The lowest BCUT2D eigenvalue weighted by Crippen LogP contribution is -1.94. The van der Waals surface area contributed by atoms with E-state index in [0.717, 1.165) is 29.6 Å². The summed E-state index contributed by atoms with van der Waals surface area (Å²) in [5, 5.41) is 6.25. The first-order valence-corrected chi connectivity index (χ1v) is 15.7. The Morgan fingerprint density at radius 1 is 0.558 bits per heavy atom. The van der Waals surface area contributed by atoms with Gasteiger partial charge >= 0.3 is 0 Å². The molecule has 0 saturated carbocycles. The number of hydrogen-bond acceptors (Lipinski definition) is 2. The van der Waals surface area contributed by atoms with Crippen LogP contribution < -0.4 is 0 Å². The Morgan fingerprint density at radius 2 is 1.26 bits per heavy atom. The van der Waals surface area contributed by atoms with Crippen LogP contribution in [0.3, 0.4) is 0 Å². The average molecular weight is 566 g/mol. The molecule has 2 heterocycles. The number of para-hydroxylation sites is 1. The largest absolute Gasteiger partial charge is 0.247 e. The number of nitrogens with zero attached hydrogens (tertiary/aromatic N) is 1. The molecule has 6 aromatic carbocycles. The number of allylic oxidation sites excluding steroid dienone is 1. The topological polar surface area (TPSA) is 12.9 Å². The molecule has 8 aromatic rings. The minimum Gasteiger partial charge on any atom is -0.247 e. The molecule has 0 radical (unpaired) electrons. The second-order valence-electron chi connectivity index (χ2n) is 11.5. The number of aromatic nitrogens is 1. The van der Waals surface area contributed by atoms with E-state index in [9.17, 15) is 0 Å². The predicted molar refractivity (Wildman–Crippen MR) is 186 cm³/mol. The molecule has 1 aliphatic rings. The van der Waals surface area contributed by atoms with E-state index in [2.05, 4.69) is 140 Å². The van der Waals surface area contributed by atoms with Gasteiger partial charge in [0, 0.05) is 31.1 Å². The van der Waals surface area contributed by atoms with E-state index < -0.39 is 0 Å². The van der Waals surface area contributed by atoms with E-state index in [4.69, 9.17) is 4.98 Å². The molecule has 2 aromatic heterocycles. The van der Waals surface area contributed by atoms with Crippen LogP contribution in [0.1, 0.15) is 17.5 Å². The van der Waals surface area contributed by atoms with Gasteiger partial charge in [0.25, 0.3) is 0 Å². The molecule has 1 nitrogen and oxygen atoms in total. The molecule has 0 spiro atoms. The molecule has 0 fully saturated rings. The molecule has 0 unspecified atom stereocenters. The summed E-state index contributed by atoms with van der Waals surface area (Å²) in [5.74, 6) is 0. The molecule has 202 valence electrons. The molecular formula is C41H27NS. The van der Waals surface area contributed by atoms with Crippen molar-refractivity contribution in [1.82, 2.24) is 4.98 Å². The summed E-state index contributed by atoms with van der Waals surface area (Å²) in [5.41, 5.74) is 11.0. The number of fused-ring (bicyclic) bond motifs is 7. The summed E-state index contributed by atoms with van der Waals surface area (Å²) in [6, 6.07) is 46.7. The van der Waals surface area contributed by atoms with Gasteiger partial charge in [-0.3, -0.25) is 0 Å². The number of pyridine rings is 1. The van der Waals surface area contributed by atoms with Crippen molar-refractivity contribution in [2.24, 2.45) is 0 Å². The Morgan fingerprint density at radius 3 is 2.12 bits per heavy atom. The minimum atomic E-state index is 1.04. The van der Waals surface area contributed by atoms with Crippen molar-refractivity contribution in [1.29, 1.82) is 0 Å². The van der Waals surface area contributed by atoms with E-state index >= 15 is 0 Å². The molecule has 43 heavy (non-hydrogen) atoms. The third-order valence-electron chi connectivity index (χ3n) is 8.88. The van der Waals surface area contributed by atoms with Crippen LogP contribution in [0.2, 0.25) is 0 Å². The Kier molecular flexibility index (Phi) is 5.57. The second kappa shape index (κ2) is 9.76. The van der Waals surface area contributed by atoms with Gasteiger partial charge in [-0.05, 0) is 93.4 Å². The summed E-state index contributed by atoms with van der Waals surface area (Å²) < 4.78 is 2.61. The predicted octanol–water partition coefficient (Wildman–Crippen LogP) is 11.7. The maximum atomic E-state index is 5.25. The highest BCUT2D eigenvalue weighted by molar-refractivity contribution is 7.26. The smallest absolute Gasteiger partial charge is 0.0803 e. The number of thiophene rings is 1. The van der Waals surface area contributed by atoms with Gasteiger partial charge < -0.3 is 0 Å². The first-order valence-electron chi connectivity index (χ1n) is 14.9. The molecule has 0 aliphatic heterocycles. The molecule has 9 rings (SSSR count). The molecule has 0 saturated heterocycles. The Balaban J connectivity index is 1.14. The van der Waals surface area contributed by atoms with E-state index in [1.165, 1.54) is 69.7 Å². The standard InChI is InChI=1S/C41H27NS/c1-2-9-27-22-30(17-16-26(27)8-1)32-21-20-31-23-29(18-19-33(31)24-32)28-10-7-11-34(25-28)40-39-36-13-4-6-15-38(36)43-41(39)35-12-3-5-14-37(35)42-40/h2-7,9-25H,1,8H2. The number of hydrogen-bond donors (Lipinski definition) is 0. The van der Waals surface area contributed by atoms with Gasteiger partial charge in [0.2, 0.25) is 0 Å². The Hall–Kier alpha value is -5.05. The van der Waals surface area contributed by atoms with Crippen LogP contribution in [0.5, 0.6) is 0 Å². The Labute approximate surface area is 254 Å².